The molecule has 0 heterocycles. The van der Waals surface area contributed by atoms with Crippen LogP contribution in [0.15, 0.2) is 0 Å². The van der Waals surface area contributed by atoms with Gasteiger partial charge in [-0.3, -0.25) is 4.79 Å². The van der Waals surface area contributed by atoms with E-state index in [0.717, 1.165) is 12.8 Å². The average Bonchev–Trinajstić information content (AvgIpc) is 2.78. The predicted molar refractivity (Wildman–Crippen MR) is 59.5 cm³/mol. The lowest BCUT2D eigenvalue weighted by molar-refractivity contribution is -0.141. The third kappa shape index (κ3) is 1.79. The van der Waals surface area contributed by atoms with E-state index in [1.165, 1.54) is 44.9 Å². The lowest BCUT2D eigenvalue weighted by Crippen LogP contribution is -2.45. The summed E-state index contributed by atoms with van der Waals surface area (Å²) in [7, 11) is 0. The van der Waals surface area contributed by atoms with Gasteiger partial charge in [0.05, 0.1) is 0 Å². The third-order valence-corrected chi connectivity index (χ3v) is 4.37. The number of hydrogen-bond donors (Lipinski definition) is 0. The largest absolute Gasteiger partial charge is 0.336 e. The second-order valence-corrected chi connectivity index (χ2v) is 5.54. The number of carbonyl (C=O) groups excluding carboxylic acids is 1. The quantitative estimate of drug-likeness (QED) is 0.697. The molecule has 15 heavy (non-hydrogen) atoms. The lowest BCUT2D eigenvalue weighted by Gasteiger charge is -2.35. The lowest BCUT2D eigenvalue weighted by atomic mass is 9.84. The van der Waals surface area contributed by atoms with Gasteiger partial charge in [-0.1, -0.05) is 19.3 Å². The molecule has 0 bridgehead atoms. The molecule has 0 aromatic rings. The number of rotatable bonds is 3. The van der Waals surface area contributed by atoms with Crippen LogP contribution in [-0.2, 0) is 4.79 Å². The summed E-state index contributed by atoms with van der Waals surface area (Å²) >= 11 is 0. The van der Waals surface area contributed by atoms with E-state index >= 15 is 0 Å². The molecule has 2 heteroatoms. The Morgan fingerprint density at radius 3 is 1.87 bits per heavy atom. The van der Waals surface area contributed by atoms with Crippen molar-refractivity contribution in [2.45, 2.75) is 69.9 Å². The Morgan fingerprint density at radius 2 is 1.40 bits per heavy atom. The van der Waals surface area contributed by atoms with Crippen LogP contribution in [0, 0.1) is 5.92 Å². The van der Waals surface area contributed by atoms with Crippen molar-refractivity contribution in [1.29, 1.82) is 0 Å². The maximum absolute atomic E-state index is 12.3. The van der Waals surface area contributed by atoms with E-state index in [0.29, 0.717) is 23.9 Å². The molecule has 0 saturated heterocycles. The Hall–Kier alpha value is -0.530. The minimum Gasteiger partial charge on any atom is -0.336 e. The first-order valence-corrected chi connectivity index (χ1v) is 6.68. The summed E-state index contributed by atoms with van der Waals surface area (Å²) in [4.78, 5) is 14.6. The summed E-state index contributed by atoms with van der Waals surface area (Å²) in [5, 5.41) is 0. The van der Waals surface area contributed by atoms with Crippen LogP contribution in [0.5, 0.6) is 0 Å². The molecule has 1 amide bonds. The summed E-state index contributed by atoms with van der Waals surface area (Å²) in [6.07, 6.45) is 11.4. The third-order valence-electron chi connectivity index (χ3n) is 4.37. The highest BCUT2D eigenvalue weighted by atomic mass is 16.2. The van der Waals surface area contributed by atoms with Gasteiger partial charge in [0.1, 0.15) is 0 Å². The number of amides is 1. The van der Waals surface area contributed by atoms with E-state index in [1.54, 1.807) is 0 Å². The van der Waals surface area contributed by atoms with Gasteiger partial charge in [-0.25, -0.2) is 0 Å². The normalized spacial score (nSPS) is 27.7. The Labute approximate surface area is 92.0 Å². The maximum atomic E-state index is 12.3. The zero-order chi connectivity index (χ0) is 10.3. The van der Waals surface area contributed by atoms with Gasteiger partial charge in [-0.15, -0.1) is 0 Å². The van der Waals surface area contributed by atoms with E-state index in [4.69, 9.17) is 0 Å². The summed E-state index contributed by atoms with van der Waals surface area (Å²) in [5.74, 6) is 0.918. The topological polar surface area (TPSA) is 20.3 Å². The van der Waals surface area contributed by atoms with Gasteiger partial charge in [-0.2, -0.15) is 0 Å². The van der Waals surface area contributed by atoms with Gasteiger partial charge >= 0.3 is 0 Å². The summed E-state index contributed by atoms with van der Waals surface area (Å²) in [5.41, 5.74) is 0. The Kier molecular flexibility index (Phi) is 2.45. The highest BCUT2D eigenvalue weighted by molar-refractivity contribution is 5.80. The standard InChI is InChI=1S/C13H21NO/c15-13(10-4-3-5-10)14(12-8-9-12)11-6-1-2-7-11/h10-12H,1-9H2. The van der Waals surface area contributed by atoms with Gasteiger partial charge in [0.2, 0.25) is 5.91 Å². The molecule has 0 radical (unpaired) electrons. The van der Waals surface area contributed by atoms with Crippen LogP contribution in [0.25, 0.3) is 0 Å². The minimum atomic E-state index is 0.409. The molecule has 0 aromatic heterocycles. The van der Waals surface area contributed by atoms with Crippen LogP contribution in [0.4, 0.5) is 0 Å². The second-order valence-electron chi connectivity index (χ2n) is 5.54. The van der Waals surface area contributed by atoms with Crippen LogP contribution < -0.4 is 0 Å². The van der Waals surface area contributed by atoms with E-state index in [2.05, 4.69) is 4.90 Å². The fraction of sp³-hybridized carbons (Fsp3) is 0.923. The van der Waals surface area contributed by atoms with Crippen molar-refractivity contribution in [2.75, 3.05) is 0 Å². The molecule has 3 aliphatic rings. The van der Waals surface area contributed by atoms with Crippen molar-refractivity contribution in [2.24, 2.45) is 5.92 Å². The number of nitrogens with zero attached hydrogens (tertiary/aromatic N) is 1. The van der Waals surface area contributed by atoms with Crippen molar-refractivity contribution >= 4 is 5.91 Å². The molecule has 0 spiro atoms. The molecule has 0 atom stereocenters. The van der Waals surface area contributed by atoms with Crippen LogP contribution in [-0.4, -0.2) is 22.9 Å². The Bertz CT molecular complexity index is 249. The summed E-state index contributed by atoms with van der Waals surface area (Å²) in [6.45, 7) is 0. The van der Waals surface area contributed by atoms with Gasteiger partial charge < -0.3 is 4.90 Å². The SMILES string of the molecule is O=C(C1CCC1)N(C1CCCC1)C1CC1. The number of carbonyl (C=O) groups is 1. The molecule has 3 fully saturated rings. The molecule has 3 aliphatic carbocycles. The van der Waals surface area contributed by atoms with Gasteiger partial charge in [0.25, 0.3) is 0 Å². The minimum absolute atomic E-state index is 0.409. The van der Waals surface area contributed by atoms with Crippen molar-refractivity contribution in [1.82, 2.24) is 4.90 Å². The van der Waals surface area contributed by atoms with Crippen molar-refractivity contribution < 1.29 is 4.79 Å². The van der Waals surface area contributed by atoms with E-state index in [-0.39, 0.29) is 0 Å². The zero-order valence-corrected chi connectivity index (χ0v) is 9.45. The first-order valence-electron chi connectivity index (χ1n) is 6.68. The molecule has 84 valence electrons. The van der Waals surface area contributed by atoms with Gasteiger partial charge in [-0.05, 0) is 38.5 Å². The van der Waals surface area contributed by atoms with Crippen LogP contribution in [0.1, 0.15) is 57.8 Å². The van der Waals surface area contributed by atoms with Crippen LogP contribution in [0.3, 0.4) is 0 Å². The maximum Gasteiger partial charge on any atom is 0.226 e. The Balaban J connectivity index is 1.68. The van der Waals surface area contributed by atoms with Crippen LogP contribution >= 0.6 is 0 Å². The van der Waals surface area contributed by atoms with E-state index in [9.17, 15) is 4.79 Å². The van der Waals surface area contributed by atoms with Gasteiger partial charge in [0, 0.05) is 18.0 Å². The van der Waals surface area contributed by atoms with Gasteiger partial charge in [0.15, 0.2) is 0 Å². The molecule has 2 nitrogen and oxygen atoms in total. The predicted octanol–water partition coefficient (Wildman–Crippen LogP) is 2.72. The smallest absolute Gasteiger partial charge is 0.226 e. The first kappa shape index (κ1) is 9.68. The molecule has 3 saturated carbocycles. The highest BCUT2D eigenvalue weighted by Crippen LogP contribution is 2.38. The van der Waals surface area contributed by atoms with Crippen molar-refractivity contribution in [3.05, 3.63) is 0 Å². The molecule has 0 aliphatic heterocycles. The van der Waals surface area contributed by atoms with Crippen LogP contribution in [0.2, 0.25) is 0 Å². The monoisotopic (exact) mass is 207 g/mol. The second kappa shape index (κ2) is 3.80. The van der Waals surface area contributed by atoms with Crippen molar-refractivity contribution in [3.63, 3.8) is 0 Å². The van der Waals surface area contributed by atoms with E-state index < -0.39 is 0 Å². The molecular weight excluding hydrogens is 186 g/mol. The highest BCUT2D eigenvalue weighted by Gasteiger charge is 2.41. The molecule has 0 unspecified atom stereocenters. The van der Waals surface area contributed by atoms with Crippen molar-refractivity contribution in [3.8, 4) is 0 Å². The first-order chi connectivity index (χ1) is 7.36. The Morgan fingerprint density at radius 1 is 0.800 bits per heavy atom. The zero-order valence-electron chi connectivity index (χ0n) is 9.45. The molecule has 0 aromatic carbocycles. The summed E-state index contributed by atoms with van der Waals surface area (Å²) < 4.78 is 0. The molecule has 3 rings (SSSR count). The molecule has 0 N–H and O–H groups in total. The molecular formula is C13H21NO. The fourth-order valence-corrected chi connectivity index (χ4v) is 3.06. The fourth-order valence-electron chi connectivity index (χ4n) is 3.06. The number of hydrogen-bond acceptors (Lipinski definition) is 1. The average molecular weight is 207 g/mol. The summed E-state index contributed by atoms with van der Waals surface area (Å²) in [6, 6.07) is 1.26. The van der Waals surface area contributed by atoms with E-state index in [1.807, 2.05) is 0 Å².